The zero-order chi connectivity index (χ0) is 10.6. The second-order valence-electron chi connectivity index (χ2n) is 4.13. The molecule has 1 aliphatic rings. The molecule has 2 atom stereocenters. The van der Waals surface area contributed by atoms with E-state index in [9.17, 15) is 4.79 Å². The molecule has 0 radical (unpaired) electrons. The maximum Gasteiger partial charge on any atom is 0.151 e. The Kier molecular flexibility index (Phi) is 4.77. The minimum Gasteiger partial charge on any atom is -0.298 e. The van der Waals surface area contributed by atoms with Crippen molar-refractivity contribution < 1.29 is 4.79 Å². The third-order valence-electron chi connectivity index (χ3n) is 2.66. The summed E-state index contributed by atoms with van der Waals surface area (Å²) in [5, 5.41) is 0. The molecule has 0 bridgehead atoms. The molecule has 0 aromatic rings. The van der Waals surface area contributed by atoms with Gasteiger partial charge in [0.05, 0.1) is 6.54 Å². The van der Waals surface area contributed by atoms with Crippen molar-refractivity contribution in [1.82, 2.24) is 4.67 Å². The van der Waals surface area contributed by atoms with Gasteiger partial charge in [-0.3, -0.25) is 9.46 Å². The highest BCUT2D eigenvalue weighted by Gasteiger charge is 2.27. The van der Waals surface area contributed by atoms with Crippen molar-refractivity contribution in [2.75, 3.05) is 13.1 Å². The summed E-state index contributed by atoms with van der Waals surface area (Å²) in [6.45, 7) is 5.85. The van der Waals surface area contributed by atoms with Gasteiger partial charge in [0, 0.05) is 12.5 Å². The van der Waals surface area contributed by atoms with Gasteiger partial charge < -0.3 is 0 Å². The lowest BCUT2D eigenvalue weighted by molar-refractivity contribution is -0.119. The van der Waals surface area contributed by atoms with E-state index in [0.717, 1.165) is 19.4 Å². The van der Waals surface area contributed by atoms with Crippen LogP contribution in [0.3, 0.4) is 0 Å². The van der Waals surface area contributed by atoms with Gasteiger partial charge in [-0.2, -0.15) is 0 Å². The molecule has 3 heteroatoms. The lowest BCUT2D eigenvalue weighted by atomic mass is 10.0. The zero-order valence-electron chi connectivity index (χ0n) is 9.12. The fraction of sp³-hybridized carbons (Fsp3) is 0.727. The molecule has 2 nitrogen and oxygen atoms in total. The Bertz CT molecular complexity index is 237. The molecule has 2 unspecified atom stereocenters. The number of carbonyl (C=O) groups excluding carboxylic acids is 1. The summed E-state index contributed by atoms with van der Waals surface area (Å²) in [5.74, 6) is 0.625. The maximum atomic E-state index is 11.5. The van der Waals surface area contributed by atoms with Gasteiger partial charge in [0.2, 0.25) is 0 Å². The molecular formula is C11H20NOP. The first-order chi connectivity index (χ1) is 6.63. The van der Waals surface area contributed by atoms with Crippen molar-refractivity contribution in [3.8, 4) is 0 Å². The standard InChI is InChI=1S/C11H20NOP/c1-3-4-9(2)5-6-10-7-12(14)8-11(10)13/h5,10H,3-4,6-8,14H2,1-2H3/b9-5-. The Morgan fingerprint density at radius 1 is 1.71 bits per heavy atom. The van der Waals surface area contributed by atoms with Crippen LogP contribution in [0.1, 0.15) is 33.1 Å². The summed E-state index contributed by atoms with van der Waals surface area (Å²) >= 11 is 0. The largest absolute Gasteiger partial charge is 0.298 e. The van der Waals surface area contributed by atoms with Crippen LogP contribution in [0.25, 0.3) is 0 Å². The predicted octanol–water partition coefficient (Wildman–Crippen LogP) is 2.41. The molecule has 14 heavy (non-hydrogen) atoms. The van der Waals surface area contributed by atoms with Crippen molar-refractivity contribution in [1.29, 1.82) is 0 Å². The van der Waals surface area contributed by atoms with Gasteiger partial charge in [0.15, 0.2) is 5.78 Å². The van der Waals surface area contributed by atoms with Gasteiger partial charge in [-0.15, -0.1) is 0 Å². The van der Waals surface area contributed by atoms with Gasteiger partial charge in [0.1, 0.15) is 0 Å². The third kappa shape index (κ3) is 3.51. The summed E-state index contributed by atoms with van der Waals surface area (Å²) in [4.78, 5) is 11.5. The summed E-state index contributed by atoms with van der Waals surface area (Å²) < 4.78 is 2.02. The highest BCUT2D eigenvalue weighted by atomic mass is 31.0. The van der Waals surface area contributed by atoms with Gasteiger partial charge >= 0.3 is 0 Å². The van der Waals surface area contributed by atoms with Crippen LogP contribution < -0.4 is 0 Å². The summed E-state index contributed by atoms with van der Waals surface area (Å²) in [5.41, 5.74) is 1.42. The van der Waals surface area contributed by atoms with Crippen LogP contribution in [0.2, 0.25) is 0 Å². The van der Waals surface area contributed by atoms with E-state index in [-0.39, 0.29) is 5.92 Å². The number of hydrogen-bond donors (Lipinski definition) is 0. The van der Waals surface area contributed by atoms with Crippen molar-refractivity contribution in [3.63, 3.8) is 0 Å². The molecule has 1 fully saturated rings. The number of Topliss-reactive ketones (excluding diaryl/α,β-unsaturated/α-hetero) is 1. The summed E-state index contributed by atoms with van der Waals surface area (Å²) in [6, 6.07) is 0. The van der Waals surface area contributed by atoms with Crippen LogP contribution in [-0.2, 0) is 4.79 Å². The predicted molar refractivity (Wildman–Crippen MR) is 63.1 cm³/mol. The third-order valence-corrected chi connectivity index (χ3v) is 3.06. The minimum absolute atomic E-state index is 0.235. The highest BCUT2D eigenvalue weighted by molar-refractivity contribution is 7.13. The van der Waals surface area contributed by atoms with Gasteiger partial charge in [0.25, 0.3) is 0 Å². The average Bonchev–Trinajstić information content (AvgIpc) is 2.42. The molecule has 80 valence electrons. The number of nitrogens with zero attached hydrogens (tertiary/aromatic N) is 1. The quantitative estimate of drug-likeness (QED) is 0.528. The SMILES string of the molecule is CCC/C(C)=C\CC1CN(P)CC1=O. The van der Waals surface area contributed by atoms with Gasteiger partial charge in [-0.05, 0) is 19.8 Å². The first kappa shape index (κ1) is 11.9. The second kappa shape index (κ2) is 5.63. The van der Waals surface area contributed by atoms with Crippen LogP contribution in [0, 0.1) is 5.92 Å². The molecule has 1 rings (SSSR count). The molecular weight excluding hydrogens is 193 g/mol. The van der Waals surface area contributed by atoms with E-state index < -0.39 is 0 Å². The minimum atomic E-state index is 0.235. The molecule has 1 aliphatic heterocycles. The molecule has 0 spiro atoms. The lowest BCUT2D eigenvalue weighted by Gasteiger charge is -2.06. The van der Waals surface area contributed by atoms with E-state index in [1.807, 2.05) is 4.67 Å². The molecule has 0 N–H and O–H groups in total. The fourth-order valence-corrected chi connectivity index (χ4v) is 2.26. The first-order valence-electron chi connectivity index (χ1n) is 5.31. The second-order valence-corrected chi connectivity index (χ2v) is 4.86. The number of carbonyl (C=O) groups is 1. The Morgan fingerprint density at radius 2 is 2.43 bits per heavy atom. The topological polar surface area (TPSA) is 20.3 Å². The van der Waals surface area contributed by atoms with Gasteiger partial charge in [-0.1, -0.05) is 34.4 Å². The Balaban J connectivity index is 2.38. The zero-order valence-corrected chi connectivity index (χ0v) is 10.3. The monoisotopic (exact) mass is 213 g/mol. The van der Waals surface area contributed by atoms with Crippen LogP contribution >= 0.6 is 9.39 Å². The molecule has 0 aromatic heterocycles. The van der Waals surface area contributed by atoms with Crippen molar-refractivity contribution in [2.45, 2.75) is 33.1 Å². The van der Waals surface area contributed by atoms with E-state index in [0.29, 0.717) is 12.3 Å². The Hall–Kier alpha value is -0.200. The number of ketones is 1. The molecule has 0 amide bonds. The maximum absolute atomic E-state index is 11.5. The van der Waals surface area contributed by atoms with E-state index >= 15 is 0 Å². The van der Waals surface area contributed by atoms with E-state index in [4.69, 9.17) is 0 Å². The Morgan fingerprint density at radius 3 is 2.93 bits per heavy atom. The number of hydrogen-bond acceptors (Lipinski definition) is 2. The van der Waals surface area contributed by atoms with Crippen molar-refractivity contribution >= 4 is 15.2 Å². The van der Waals surface area contributed by atoms with Crippen LogP contribution in [0.5, 0.6) is 0 Å². The fourth-order valence-electron chi connectivity index (χ4n) is 1.82. The van der Waals surface area contributed by atoms with E-state index in [1.54, 1.807) is 0 Å². The van der Waals surface area contributed by atoms with Crippen molar-refractivity contribution in [3.05, 3.63) is 11.6 Å². The van der Waals surface area contributed by atoms with Crippen LogP contribution in [0.4, 0.5) is 0 Å². The van der Waals surface area contributed by atoms with E-state index in [2.05, 4.69) is 29.3 Å². The summed E-state index contributed by atoms with van der Waals surface area (Å²) in [7, 11) is 2.61. The molecule has 1 saturated heterocycles. The molecule has 0 aromatic carbocycles. The molecule has 1 heterocycles. The number of rotatable bonds is 4. The number of allylic oxidation sites excluding steroid dienone is 2. The van der Waals surface area contributed by atoms with Crippen molar-refractivity contribution in [2.24, 2.45) is 5.92 Å². The van der Waals surface area contributed by atoms with Crippen LogP contribution in [-0.4, -0.2) is 23.5 Å². The van der Waals surface area contributed by atoms with Gasteiger partial charge in [-0.25, -0.2) is 0 Å². The lowest BCUT2D eigenvalue weighted by Crippen LogP contribution is -2.09. The van der Waals surface area contributed by atoms with Crippen LogP contribution in [0.15, 0.2) is 11.6 Å². The summed E-state index contributed by atoms with van der Waals surface area (Å²) in [6.07, 6.45) is 5.51. The molecule has 0 saturated carbocycles. The highest BCUT2D eigenvalue weighted by Crippen LogP contribution is 2.20. The molecule has 0 aliphatic carbocycles. The van der Waals surface area contributed by atoms with E-state index in [1.165, 1.54) is 12.0 Å². The Labute approximate surface area is 89.0 Å². The average molecular weight is 213 g/mol. The first-order valence-corrected chi connectivity index (χ1v) is 5.83. The smallest absolute Gasteiger partial charge is 0.151 e. The normalized spacial score (nSPS) is 24.6.